The van der Waals surface area contributed by atoms with E-state index in [9.17, 15) is 9.59 Å². The van der Waals surface area contributed by atoms with E-state index in [1.165, 1.54) is 0 Å². The monoisotopic (exact) mass is 570 g/mol. The molecule has 8 nitrogen and oxygen atoms in total. The molecule has 1 saturated heterocycles. The van der Waals surface area contributed by atoms with Crippen LogP contribution < -0.4 is 21.0 Å². The van der Waals surface area contributed by atoms with Crippen LogP contribution in [0.2, 0.25) is 0 Å². The number of piperazine rings is 1. The molecular weight excluding hydrogens is 524 g/mol. The number of benzene rings is 1. The van der Waals surface area contributed by atoms with Crippen LogP contribution in [0.4, 0.5) is 5.69 Å². The number of carbonyl (C=O) groups is 1. The second-order valence-corrected chi connectivity index (χ2v) is 12.1. The number of hydrogen-bond donors (Lipinski definition) is 2. The van der Waals surface area contributed by atoms with Crippen LogP contribution in [0.15, 0.2) is 53.2 Å². The predicted octanol–water partition coefficient (Wildman–Crippen LogP) is 3.94. The molecule has 3 aliphatic heterocycles. The van der Waals surface area contributed by atoms with Crippen LogP contribution in [-0.2, 0) is 26.4 Å². The first-order valence-electron chi connectivity index (χ1n) is 15.3. The van der Waals surface area contributed by atoms with Crippen LogP contribution in [-0.4, -0.2) is 66.1 Å². The molecule has 1 fully saturated rings. The lowest BCUT2D eigenvalue weighted by atomic mass is 9.91. The van der Waals surface area contributed by atoms with Gasteiger partial charge in [0.05, 0.1) is 0 Å². The minimum Gasteiger partial charge on any atom is -0.368 e. The molecule has 2 N–H and O–H groups in total. The third kappa shape index (κ3) is 6.04. The first kappa shape index (κ1) is 29.7. The van der Waals surface area contributed by atoms with Gasteiger partial charge in [0.15, 0.2) is 5.43 Å². The highest BCUT2D eigenvalue weighted by atomic mass is 16.1. The molecular formula is C34H46N6O2. The largest absolute Gasteiger partial charge is 0.368 e. The van der Waals surface area contributed by atoms with E-state index in [2.05, 4.69) is 88.2 Å². The number of dihydropyridines is 1. The summed E-state index contributed by atoms with van der Waals surface area (Å²) in [5.74, 6) is 1.02. The lowest BCUT2D eigenvalue weighted by molar-refractivity contribution is 0.0949. The molecule has 0 atom stereocenters. The van der Waals surface area contributed by atoms with Crippen molar-refractivity contribution in [1.82, 2.24) is 25.0 Å². The molecule has 8 heteroatoms. The van der Waals surface area contributed by atoms with E-state index in [1.54, 1.807) is 6.07 Å². The number of carbonyl (C=O) groups excluding carboxylic acids is 1. The number of hydrogen-bond acceptors (Lipinski definition) is 6. The maximum Gasteiger partial charge on any atom is 0.251 e. The predicted molar refractivity (Wildman–Crippen MR) is 172 cm³/mol. The Hall–Kier alpha value is -3.78. The van der Waals surface area contributed by atoms with Gasteiger partial charge in [-0.25, -0.2) is 0 Å². The van der Waals surface area contributed by atoms with E-state index in [0.717, 1.165) is 78.6 Å². The number of likely N-dealkylation sites (N-methyl/N-ethyl adjacent to an activating group) is 1. The van der Waals surface area contributed by atoms with Gasteiger partial charge in [0, 0.05) is 92.8 Å². The average molecular weight is 571 g/mol. The molecule has 0 spiro atoms. The zero-order valence-corrected chi connectivity index (χ0v) is 26.1. The maximum absolute atomic E-state index is 13.9. The molecule has 2 aromatic rings. The van der Waals surface area contributed by atoms with Gasteiger partial charge in [-0.3, -0.25) is 9.59 Å². The topological polar surface area (TPSA) is 72.9 Å². The van der Waals surface area contributed by atoms with Crippen molar-refractivity contribution in [2.24, 2.45) is 7.05 Å². The molecule has 0 aliphatic carbocycles. The van der Waals surface area contributed by atoms with Gasteiger partial charge in [0.2, 0.25) is 0 Å². The molecule has 1 aromatic heterocycles. The molecule has 5 rings (SSSR count). The van der Waals surface area contributed by atoms with Crippen molar-refractivity contribution in [3.05, 3.63) is 92.3 Å². The van der Waals surface area contributed by atoms with Crippen LogP contribution in [0, 0.1) is 6.92 Å². The Morgan fingerprint density at radius 1 is 1.07 bits per heavy atom. The minimum absolute atomic E-state index is 0.0135. The Morgan fingerprint density at radius 2 is 1.83 bits per heavy atom. The Bertz CT molecular complexity index is 1490. The summed E-state index contributed by atoms with van der Waals surface area (Å²) in [6.07, 6.45) is 11.0. The van der Waals surface area contributed by atoms with Crippen molar-refractivity contribution < 1.29 is 4.79 Å². The molecule has 0 radical (unpaired) electrons. The standard InChI is InChI=1S/C34H46N6O2/c1-7-9-30-29(32(41)18-24(4)38(30)6)22-36-34(42)28-19-26(20-31-27(28)10-8-13-40(31)23(2)3)25-11-12-33(35-21-25)39-16-14-37(5)15-17-39/h8,11-13,18-20,23,35H,7,9-10,14-17,21-22H2,1-6H3,(H,36,42). The summed E-state index contributed by atoms with van der Waals surface area (Å²) in [4.78, 5) is 33.9. The second kappa shape index (κ2) is 12.6. The van der Waals surface area contributed by atoms with E-state index in [1.807, 2.05) is 20.0 Å². The van der Waals surface area contributed by atoms with Crippen molar-refractivity contribution in [3.63, 3.8) is 0 Å². The molecule has 0 unspecified atom stereocenters. The number of aryl methyl sites for hydroxylation is 1. The normalized spacial score (nSPS) is 17.1. The first-order valence-corrected chi connectivity index (χ1v) is 15.3. The number of pyridine rings is 1. The molecule has 4 heterocycles. The maximum atomic E-state index is 13.9. The molecule has 0 bridgehead atoms. The highest BCUT2D eigenvalue weighted by Crippen LogP contribution is 2.35. The van der Waals surface area contributed by atoms with Gasteiger partial charge >= 0.3 is 0 Å². The number of nitrogens with one attached hydrogen (secondary N) is 2. The van der Waals surface area contributed by atoms with Crippen molar-refractivity contribution in [2.45, 2.75) is 59.5 Å². The van der Waals surface area contributed by atoms with Crippen molar-refractivity contribution in [1.29, 1.82) is 0 Å². The summed E-state index contributed by atoms with van der Waals surface area (Å²) in [5.41, 5.74) is 7.55. The SMILES string of the molecule is CCCc1c(CNC(=O)c2cc(C3=CC=C(N4CCN(C)CC4)NC3)cc3c2CC=CN3C(C)C)c(=O)cc(C)n1C. The fraction of sp³-hybridized carbons (Fsp3) is 0.471. The lowest BCUT2D eigenvalue weighted by Gasteiger charge is -2.37. The molecule has 0 saturated carbocycles. The van der Waals surface area contributed by atoms with Crippen LogP contribution in [0.1, 0.15) is 65.6 Å². The van der Waals surface area contributed by atoms with Crippen molar-refractivity contribution in [3.8, 4) is 0 Å². The summed E-state index contributed by atoms with van der Waals surface area (Å²) in [5, 5.41) is 6.76. The fourth-order valence-corrected chi connectivity index (χ4v) is 6.19. The molecule has 224 valence electrons. The number of amides is 1. The third-order valence-electron chi connectivity index (χ3n) is 8.84. The number of allylic oxidation sites excluding steroid dienone is 3. The van der Waals surface area contributed by atoms with Crippen molar-refractivity contribution >= 4 is 17.2 Å². The highest BCUT2D eigenvalue weighted by molar-refractivity contribution is 5.99. The Labute approximate surface area is 250 Å². The van der Waals surface area contributed by atoms with E-state index in [-0.39, 0.29) is 23.9 Å². The summed E-state index contributed by atoms with van der Waals surface area (Å²) >= 11 is 0. The van der Waals surface area contributed by atoms with E-state index < -0.39 is 0 Å². The van der Waals surface area contributed by atoms with Gasteiger partial charge < -0.3 is 29.9 Å². The first-order chi connectivity index (χ1) is 20.2. The van der Waals surface area contributed by atoms with Gasteiger partial charge in [-0.2, -0.15) is 0 Å². The van der Waals surface area contributed by atoms with Crippen LogP contribution in [0.5, 0.6) is 0 Å². The van der Waals surface area contributed by atoms with Crippen LogP contribution >= 0.6 is 0 Å². The molecule has 1 aromatic carbocycles. The summed E-state index contributed by atoms with van der Waals surface area (Å²) in [7, 11) is 4.16. The number of rotatable bonds is 8. The Balaban J connectivity index is 1.47. The third-order valence-corrected chi connectivity index (χ3v) is 8.84. The minimum atomic E-state index is -0.143. The smallest absolute Gasteiger partial charge is 0.251 e. The summed E-state index contributed by atoms with van der Waals surface area (Å²) in [6, 6.07) is 6.18. The van der Waals surface area contributed by atoms with Crippen LogP contribution in [0.3, 0.4) is 0 Å². The van der Waals surface area contributed by atoms with E-state index in [4.69, 9.17) is 0 Å². The second-order valence-electron chi connectivity index (χ2n) is 12.1. The van der Waals surface area contributed by atoms with Gasteiger partial charge in [-0.15, -0.1) is 0 Å². The lowest BCUT2D eigenvalue weighted by Crippen LogP contribution is -2.47. The number of fused-ring (bicyclic) bond motifs is 1. The van der Waals surface area contributed by atoms with Gasteiger partial charge in [0.1, 0.15) is 5.82 Å². The van der Waals surface area contributed by atoms with E-state index >= 15 is 0 Å². The van der Waals surface area contributed by atoms with Gasteiger partial charge in [0.25, 0.3) is 5.91 Å². The van der Waals surface area contributed by atoms with E-state index in [0.29, 0.717) is 24.1 Å². The average Bonchev–Trinajstić information content (AvgIpc) is 2.99. The summed E-state index contributed by atoms with van der Waals surface area (Å²) in [6.45, 7) is 13.5. The quantitative estimate of drug-likeness (QED) is 0.501. The van der Waals surface area contributed by atoms with Gasteiger partial charge in [-0.1, -0.05) is 25.5 Å². The molecule has 1 amide bonds. The molecule has 42 heavy (non-hydrogen) atoms. The Morgan fingerprint density at radius 3 is 2.50 bits per heavy atom. The molecule has 3 aliphatic rings. The number of nitrogens with zero attached hydrogens (tertiary/aromatic N) is 4. The van der Waals surface area contributed by atoms with Crippen LogP contribution in [0.25, 0.3) is 5.57 Å². The Kier molecular flexibility index (Phi) is 8.92. The van der Waals surface area contributed by atoms with Crippen molar-refractivity contribution in [2.75, 3.05) is 44.7 Å². The highest BCUT2D eigenvalue weighted by Gasteiger charge is 2.25. The number of aromatic nitrogens is 1. The zero-order chi connectivity index (χ0) is 30.0. The van der Waals surface area contributed by atoms with Gasteiger partial charge in [-0.05, 0) is 75.6 Å². The zero-order valence-electron chi connectivity index (χ0n) is 26.1. The number of anilines is 1. The fourth-order valence-electron chi connectivity index (χ4n) is 6.19. The summed E-state index contributed by atoms with van der Waals surface area (Å²) < 4.78 is 2.08.